The summed E-state index contributed by atoms with van der Waals surface area (Å²) < 4.78 is 4.11. The zero-order chi connectivity index (χ0) is 6.69. The molecular formula is C6H5BrIN. The first-order valence-electron chi connectivity index (χ1n) is 2.45. The Morgan fingerprint density at radius 2 is 1.78 bits per heavy atom. The van der Waals surface area contributed by atoms with Gasteiger partial charge in [0.05, 0.1) is 0 Å². The van der Waals surface area contributed by atoms with Crippen LogP contribution in [0.2, 0.25) is 0 Å². The molecule has 0 saturated carbocycles. The largest absolute Gasteiger partial charge is 0.322 e. The molecule has 0 aromatic heterocycles. The number of nitrogens with one attached hydrogen (secondary N) is 1. The Morgan fingerprint density at radius 3 is 2.22 bits per heavy atom. The lowest BCUT2D eigenvalue weighted by atomic mass is 10.3. The summed E-state index contributed by atoms with van der Waals surface area (Å²) in [5, 5.41) is 0. The number of benzene rings is 1. The van der Waals surface area contributed by atoms with Gasteiger partial charge in [0.25, 0.3) is 0 Å². The van der Waals surface area contributed by atoms with Crippen LogP contribution in [-0.4, -0.2) is 0 Å². The Morgan fingerprint density at radius 1 is 1.22 bits per heavy atom. The van der Waals surface area contributed by atoms with Crippen LogP contribution in [0.4, 0.5) is 5.69 Å². The van der Waals surface area contributed by atoms with E-state index in [0.29, 0.717) is 0 Å². The van der Waals surface area contributed by atoms with Gasteiger partial charge in [0, 0.05) is 25.4 Å². The second kappa shape index (κ2) is 3.41. The van der Waals surface area contributed by atoms with Crippen LogP contribution in [0.15, 0.2) is 24.3 Å². The van der Waals surface area contributed by atoms with Crippen LogP contribution < -0.4 is 4.34 Å². The highest BCUT2D eigenvalue weighted by Gasteiger charge is 1.85. The predicted molar refractivity (Wildman–Crippen MR) is 51.7 cm³/mol. The van der Waals surface area contributed by atoms with E-state index in [1.165, 1.54) is 3.57 Å². The molecule has 0 amide bonds. The van der Waals surface area contributed by atoms with Crippen molar-refractivity contribution >= 4 is 44.4 Å². The lowest BCUT2D eigenvalue weighted by Gasteiger charge is -1.94. The van der Waals surface area contributed by atoms with Crippen LogP contribution in [0.5, 0.6) is 0 Å². The molecule has 1 aromatic carbocycles. The molecular weight excluding hydrogens is 293 g/mol. The standard InChI is InChI=1S/C6H5BrIN/c7-9-6-3-1-5(8)2-4-6/h1-4,9H. The van der Waals surface area contributed by atoms with Crippen LogP contribution in [-0.2, 0) is 0 Å². The van der Waals surface area contributed by atoms with Crippen molar-refractivity contribution in [1.29, 1.82) is 0 Å². The summed E-state index contributed by atoms with van der Waals surface area (Å²) in [6, 6.07) is 8.11. The minimum Gasteiger partial charge on any atom is -0.322 e. The molecule has 0 unspecified atom stereocenters. The molecule has 0 aliphatic carbocycles. The second-order valence-electron chi connectivity index (χ2n) is 1.60. The molecule has 0 radical (unpaired) electrons. The topological polar surface area (TPSA) is 12.0 Å². The molecule has 0 fully saturated rings. The Hall–Kier alpha value is 0.230. The van der Waals surface area contributed by atoms with E-state index in [9.17, 15) is 0 Å². The Labute approximate surface area is 76.3 Å². The Balaban J connectivity index is 2.88. The van der Waals surface area contributed by atoms with Crippen molar-refractivity contribution in [2.75, 3.05) is 4.34 Å². The third-order valence-electron chi connectivity index (χ3n) is 0.953. The number of hydrogen-bond acceptors (Lipinski definition) is 1. The van der Waals surface area contributed by atoms with Gasteiger partial charge in [-0.25, -0.2) is 0 Å². The maximum absolute atomic E-state index is 3.13. The van der Waals surface area contributed by atoms with E-state index in [0.717, 1.165) is 5.69 Å². The maximum atomic E-state index is 3.13. The summed E-state index contributed by atoms with van der Waals surface area (Å²) in [6.07, 6.45) is 0. The highest BCUT2D eigenvalue weighted by atomic mass is 127. The zero-order valence-electron chi connectivity index (χ0n) is 4.57. The van der Waals surface area contributed by atoms with Gasteiger partial charge in [-0.2, -0.15) is 0 Å². The molecule has 0 aliphatic rings. The molecule has 1 rings (SSSR count). The first kappa shape index (κ1) is 7.34. The summed E-state index contributed by atoms with van der Waals surface area (Å²) in [4.78, 5) is 0. The van der Waals surface area contributed by atoms with Gasteiger partial charge in [0.15, 0.2) is 0 Å². The van der Waals surface area contributed by atoms with Gasteiger partial charge in [-0.3, -0.25) is 0 Å². The van der Waals surface area contributed by atoms with Gasteiger partial charge in [0.1, 0.15) is 0 Å². The van der Waals surface area contributed by atoms with Gasteiger partial charge in [-0.05, 0) is 46.9 Å². The number of halogens is 2. The smallest absolute Gasteiger partial charge is 0.0465 e. The lowest BCUT2D eigenvalue weighted by molar-refractivity contribution is 1.64. The van der Waals surface area contributed by atoms with Crippen molar-refractivity contribution in [2.24, 2.45) is 0 Å². The van der Waals surface area contributed by atoms with Crippen molar-refractivity contribution in [1.82, 2.24) is 0 Å². The van der Waals surface area contributed by atoms with Crippen molar-refractivity contribution in [3.05, 3.63) is 27.8 Å². The molecule has 1 N–H and O–H groups in total. The minimum atomic E-state index is 1.08. The molecule has 0 spiro atoms. The van der Waals surface area contributed by atoms with E-state index in [1.54, 1.807) is 0 Å². The number of hydrogen-bond donors (Lipinski definition) is 1. The average Bonchev–Trinajstić information content (AvgIpc) is 1.90. The van der Waals surface area contributed by atoms with E-state index in [-0.39, 0.29) is 0 Å². The highest BCUT2D eigenvalue weighted by molar-refractivity contribution is 14.1. The third kappa shape index (κ3) is 2.14. The summed E-state index contributed by atoms with van der Waals surface area (Å²) >= 11 is 5.40. The zero-order valence-corrected chi connectivity index (χ0v) is 8.31. The monoisotopic (exact) mass is 297 g/mol. The van der Waals surface area contributed by atoms with Crippen molar-refractivity contribution < 1.29 is 0 Å². The summed E-state index contributed by atoms with van der Waals surface area (Å²) in [7, 11) is 0. The molecule has 0 atom stereocenters. The molecule has 1 nitrogen and oxygen atoms in total. The lowest BCUT2D eigenvalue weighted by Crippen LogP contribution is -1.77. The van der Waals surface area contributed by atoms with E-state index in [2.05, 4.69) is 43.1 Å². The van der Waals surface area contributed by atoms with Gasteiger partial charge < -0.3 is 4.34 Å². The predicted octanol–water partition coefficient (Wildman–Crippen LogP) is 3.01. The molecule has 0 heterocycles. The van der Waals surface area contributed by atoms with E-state index in [4.69, 9.17) is 0 Å². The number of anilines is 1. The SMILES string of the molecule is BrNc1ccc(I)cc1. The van der Waals surface area contributed by atoms with Gasteiger partial charge in [-0.1, -0.05) is 0 Å². The van der Waals surface area contributed by atoms with Crippen molar-refractivity contribution in [3.8, 4) is 0 Å². The van der Waals surface area contributed by atoms with E-state index < -0.39 is 0 Å². The van der Waals surface area contributed by atoms with Crippen LogP contribution >= 0.6 is 38.7 Å². The number of rotatable bonds is 1. The minimum absolute atomic E-state index is 1.08. The molecule has 9 heavy (non-hydrogen) atoms. The first-order chi connectivity index (χ1) is 4.33. The first-order valence-corrected chi connectivity index (χ1v) is 4.32. The fourth-order valence-corrected chi connectivity index (χ4v) is 1.14. The maximum Gasteiger partial charge on any atom is 0.0465 e. The van der Waals surface area contributed by atoms with Crippen molar-refractivity contribution in [2.45, 2.75) is 0 Å². The average molecular weight is 298 g/mol. The Bertz CT molecular complexity index is 185. The molecule has 3 heteroatoms. The van der Waals surface area contributed by atoms with Gasteiger partial charge in [-0.15, -0.1) is 0 Å². The summed E-state index contributed by atoms with van der Waals surface area (Å²) in [5.74, 6) is 0. The summed E-state index contributed by atoms with van der Waals surface area (Å²) in [6.45, 7) is 0. The second-order valence-corrected chi connectivity index (χ2v) is 3.24. The van der Waals surface area contributed by atoms with Crippen LogP contribution in [0.25, 0.3) is 0 Å². The van der Waals surface area contributed by atoms with Crippen LogP contribution in [0.3, 0.4) is 0 Å². The fraction of sp³-hybridized carbons (Fsp3) is 0. The highest BCUT2D eigenvalue weighted by Crippen LogP contribution is 2.11. The van der Waals surface area contributed by atoms with Gasteiger partial charge >= 0.3 is 0 Å². The third-order valence-corrected chi connectivity index (χ3v) is 2.13. The Kier molecular flexibility index (Phi) is 2.78. The van der Waals surface area contributed by atoms with Crippen LogP contribution in [0.1, 0.15) is 0 Å². The van der Waals surface area contributed by atoms with Gasteiger partial charge in [0.2, 0.25) is 0 Å². The molecule has 0 aliphatic heterocycles. The fourth-order valence-electron chi connectivity index (χ4n) is 0.513. The molecule has 0 bridgehead atoms. The molecule has 48 valence electrons. The summed E-state index contributed by atoms with van der Waals surface area (Å²) in [5.41, 5.74) is 1.08. The van der Waals surface area contributed by atoms with E-state index in [1.807, 2.05) is 24.3 Å². The normalized spacial score (nSPS) is 9.11. The van der Waals surface area contributed by atoms with Crippen LogP contribution in [0, 0.1) is 3.57 Å². The quantitative estimate of drug-likeness (QED) is 0.621. The molecule has 1 aromatic rings. The molecule has 0 saturated heterocycles. The van der Waals surface area contributed by atoms with E-state index >= 15 is 0 Å². The van der Waals surface area contributed by atoms with Crippen molar-refractivity contribution in [3.63, 3.8) is 0 Å².